The number of hydrogen-bond acceptors (Lipinski definition) is 1. The van der Waals surface area contributed by atoms with Gasteiger partial charge >= 0.3 is 25.8 Å². The van der Waals surface area contributed by atoms with E-state index in [1.165, 1.54) is 45.5 Å². The number of hydrogen-bond donors (Lipinski definition) is 0. The molecule has 250 valence electrons. The van der Waals surface area contributed by atoms with Gasteiger partial charge in [-0.2, -0.15) is 73.9 Å². The van der Waals surface area contributed by atoms with Crippen LogP contribution < -0.4 is 4.98 Å². The molecule has 3 heteroatoms. The summed E-state index contributed by atoms with van der Waals surface area (Å²) in [5.41, 5.74) is 8.67. The Hall–Kier alpha value is -5.25. The van der Waals surface area contributed by atoms with E-state index in [0.29, 0.717) is 0 Å². The van der Waals surface area contributed by atoms with Gasteiger partial charge in [0.15, 0.2) is 0 Å². The van der Waals surface area contributed by atoms with Crippen molar-refractivity contribution in [2.75, 3.05) is 0 Å². The largest absolute Gasteiger partial charge is 4.00 e. The summed E-state index contributed by atoms with van der Waals surface area (Å²) in [4.78, 5) is 9.42. The molecule has 0 aliphatic rings. The third-order valence-corrected chi connectivity index (χ3v) is 8.10. The van der Waals surface area contributed by atoms with Crippen LogP contribution in [0.15, 0.2) is 176 Å². The van der Waals surface area contributed by atoms with E-state index in [-0.39, 0.29) is 25.8 Å². The molecule has 8 rings (SSSR count). The summed E-state index contributed by atoms with van der Waals surface area (Å²) in [5.74, 6) is 0. The van der Waals surface area contributed by atoms with Crippen LogP contribution in [0, 0.1) is 20.8 Å². The van der Waals surface area contributed by atoms with E-state index in [4.69, 9.17) is 4.98 Å². The number of pyridine rings is 1. The van der Waals surface area contributed by atoms with Crippen molar-refractivity contribution in [2.45, 2.75) is 26.2 Å². The second-order valence-electron chi connectivity index (χ2n) is 12.0. The minimum Gasteiger partial charge on any atom is -0.656 e. The molecule has 2 nitrogen and oxygen atoms in total. The summed E-state index contributed by atoms with van der Waals surface area (Å²) in [6, 6.07) is 57.6. The summed E-state index contributed by atoms with van der Waals surface area (Å²) in [6.07, 6.45) is 5.39. The van der Waals surface area contributed by atoms with Crippen LogP contribution in [0.1, 0.15) is 42.0 Å². The Morgan fingerprint density at radius 1 is 0.510 bits per heavy atom. The van der Waals surface area contributed by atoms with Crippen molar-refractivity contribution in [3.8, 4) is 22.6 Å². The third kappa shape index (κ3) is 11.7. The number of aromatic nitrogens is 2. The van der Waals surface area contributed by atoms with Crippen molar-refractivity contribution in [1.82, 2.24) is 9.97 Å². The van der Waals surface area contributed by atoms with Crippen molar-refractivity contribution in [2.24, 2.45) is 0 Å². The van der Waals surface area contributed by atoms with Crippen LogP contribution in [-0.2, 0) is 32.3 Å². The van der Waals surface area contributed by atoms with Gasteiger partial charge in [0.25, 0.3) is 0 Å². The molecule has 0 saturated carbocycles. The molecule has 0 bridgehead atoms. The van der Waals surface area contributed by atoms with E-state index < -0.39 is 0 Å². The fourth-order valence-corrected chi connectivity index (χ4v) is 5.53. The first-order chi connectivity index (χ1) is 24.5. The van der Waals surface area contributed by atoms with E-state index in [1.54, 1.807) is 0 Å². The Bertz CT molecular complexity index is 2070. The normalized spacial score (nSPS) is 9.98. The topological polar surface area (TPSA) is 27.0 Å². The Labute approximate surface area is 323 Å². The van der Waals surface area contributed by atoms with E-state index in [9.17, 15) is 0 Å². The molecular formula is C48H44HfN2. The van der Waals surface area contributed by atoms with Crippen LogP contribution in [0.4, 0.5) is 0 Å². The predicted molar refractivity (Wildman–Crippen MR) is 215 cm³/mol. The molecule has 0 aliphatic heterocycles. The number of unbranched alkanes of at least 4 members (excludes halogenated alkanes) is 1. The van der Waals surface area contributed by atoms with Gasteiger partial charge in [-0.1, -0.05) is 92.2 Å². The molecule has 6 aromatic carbocycles. The average Bonchev–Trinajstić information content (AvgIpc) is 3.65. The first-order valence-corrected chi connectivity index (χ1v) is 17.1. The number of aryl methyl sites for hydroxylation is 1. The molecule has 0 radical (unpaired) electrons. The standard InChI is InChI=1S/C27H23N2.3C7H7.Hf/c1-2-3-8-19-12-13-23-21(17-19)18-20-9-4-5-10-22(20)27(23)26-15-14-25(29-26)24-11-6-7-16-28-24;3*1-7-5-3-2-4-6-7;/h4-7,9-18H,2-3,8H2,1H3;3*2-6H,1H2;/q4*-1;+4. The SMILES string of the molecule is CCCCc1ccc2c(-c3ccc(-c4ccccn4)[n-]3)c3ccccc3cc2c1.[CH2-]c1ccccc1.[CH2-]c1ccccc1.[CH2-]c1ccccc1.[Hf+4]. The summed E-state index contributed by atoms with van der Waals surface area (Å²) in [7, 11) is 0. The van der Waals surface area contributed by atoms with Crippen LogP contribution >= 0.6 is 0 Å². The first-order valence-electron chi connectivity index (χ1n) is 17.1. The molecule has 0 spiro atoms. The van der Waals surface area contributed by atoms with E-state index in [0.717, 1.165) is 40.2 Å². The Morgan fingerprint density at radius 2 is 1.04 bits per heavy atom. The molecule has 0 atom stereocenters. The van der Waals surface area contributed by atoms with Gasteiger partial charge in [-0.05, 0) is 63.7 Å². The smallest absolute Gasteiger partial charge is 0.656 e. The number of rotatable bonds is 5. The van der Waals surface area contributed by atoms with Gasteiger partial charge in [-0.3, -0.25) is 4.98 Å². The number of nitrogens with zero attached hydrogens (tertiary/aromatic N) is 2. The van der Waals surface area contributed by atoms with Crippen molar-refractivity contribution < 1.29 is 25.8 Å². The summed E-state index contributed by atoms with van der Waals surface area (Å²) >= 11 is 0. The fraction of sp³-hybridized carbons (Fsp3) is 0.0833. The quantitative estimate of drug-likeness (QED) is 0.0982. The van der Waals surface area contributed by atoms with Crippen molar-refractivity contribution >= 4 is 21.5 Å². The van der Waals surface area contributed by atoms with Gasteiger partial charge in [0, 0.05) is 11.9 Å². The molecule has 0 saturated heterocycles. The summed E-state index contributed by atoms with van der Waals surface area (Å²) in [6.45, 7) is 13.4. The van der Waals surface area contributed by atoms with Gasteiger partial charge in [0.05, 0.1) is 0 Å². The zero-order valence-electron chi connectivity index (χ0n) is 29.4. The second kappa shape index (κ2) is 20.4. The molecule has 0 aliphatic carbocycles. The van der Waals surface area contributed by atoms with Gasteiger partial charge in [0.1, 0.15) is 0 Å². The minimum absolute atomic E-state index is 0. The Kier molecular flexibility index (Phi) is 15.4. The van der Waals surface area contributed by atoms with Crippen molar-refractivity contribution in [1.29, 1.82) is 0 Å². The van der Waals surface area contributed by atoms with Gasteiger partial charge < -0.3 is 4.98 Å². The molecular weight excluding hydrogens is 783 g/mol. The van der Waals surface area contributed by atoms with Crippen LogP contribution in [0.25, 0.3) is 44.2 Å². The summed E-state index contributed by atoms with van der Waals surface area (Å²) < 4.78 is 0. The van der Waals surface area contributed by atoms with E-state index in [2.05, 4.69) is 93.3 Å². The monoisotopic (exact) mass is 828 g/mol. The second-order valence-corrected chi connectivity index (χ2v) is 12.0. The van der Waals surface area contributed by atoms with Gasteiger partial charge in [-0.15, -0.1) is 47.8 Å². The average molecular weight is 827 g/mol. The maximum atomic E-state index is 4.96. The molecule has 0 amide bonds. The zero-order valence-corrected chi connectivity index (χ0v) is 33.0. The first kappa shape index (κ1) is 38.6. The molecule has 0 unspecified atom stereocenters. The third-order valence-electron chi connectivity index (χ3n) is 8.10. The molecule has 8 aromatic rings. The fourth-order valence-electron chi connectivity index (χ4n) is 5.53. The molecule has 0 fully saturated rings. The van der Waals surface area contributed by atoms with Crippen molar-refractivity contribution in [3.05, 3.63) is 219 Å². The summed E-state index contributed by atoms with van der Waals surface area (Å²) in [5, 5.41) is 5.04. The van der Waals surface area contributed by atoms with Crippen LogP contribution in [0.5, 0.6) is 0 Å². The van der Waals surface area contributed by atoms with E-state index in [1.807, 2.05) is 115 Å². The minimum atomic E-state index is 0. The van der Waals surface area contributed by atoms with Gasteiger partial charge in [-0.25, -0.2) is 0 Å². The van der Waals surface area contributed by atoms with Gasteiger partial charge in [0.2, 0.25) is 0 Å². The molecule has 0 N–H and O–H groups in total. The number of fused-ring (bicyclic) bond motifs is 2. The predicted octanol–water partition coefficient (Wildman–Crippen LogP) is 12.6. The molecule has 2 aromatic heterocycles. The maximum absolute atomic E-state index is 4.96. The number of benzene rings is 6. The molecule has 51 heavy (non-hydrogen) atoms. The van der Waals surface area contributed by atoms with Crippen molar-refractivity contribution in [3.63, 3.8) is 0 Å². The van der Waals surface area contributed by atoms with Crippen LogP contribution in [-0.4, -0.2) is 4.98 Å². The van der Waals surface area contributed by atoms with Crippen LogP contribution in [0.2, 0.25) is 0 Å². The molecule has 2 heterocycles. The Balaban J connectivity index is 0.000000214. The van der Waals surface area contributed by atoms with Crippen LogP contribution in [0.3, 0.4) is 0 Å². The van der Waals surface area contributed by atoms with E-state index >= 15 is 0 Å². The zero-order chi connectivity index (χ0) is 35.0. The maximum Gasteiger partial charge on any atom is 4.00 e. The Morgan fingerprint density at radius 3 is 1.57 bits per heavy atom.